The molecule has 2 aliphatic rings. The van der Waals surface area contributed by atoms with Crippen LogP contribution in [0, 0.1) is 5.92 Å². The molecule has 1 aromatic carbocycles. The number of amides is 3. The van der Waals surface area contributed by atoms with E-state index in [1.807, 2.05) is 18.2 Å². The Morgan fingerprint density at radius 3 is 2.84 bits per heavy atom. The molecule has 0 unspecified atom stereocenters. The first kappa shape index (κ1) is 17.4. The fraction of sp³-hybridized carbons (Fsp3) is 0.556. The van der Waals surface area contributed by atoms with Crippen molar-refractivity contribution in [1.82, 2.24) is 16.0 Å². The number of nitrogens with one attached hydrogen (secondary N) is 3. The highest BCUT2D eigenvalue weighted by Crippen LogP contribution is 2.26. The average Bonchev–Trinajstić information content (AvgIpc) is 3.31. The van der Waals surface area contributed by atoms with Crippen molar-refractivity contribution < 1.29 is 14.3 Å². The number of hydrogen-bond acceptors (Lipinski definition) is 4. The fourth-order valence-electron chi connectivity index (χ4n) is 3.01. The van der Waals surface area contributed by atoms with Gasteiger partial charge in [-0.15, -0.1) is 0 Å². The van der Waals surface area contributed by atoms with Crippen LogP contribution >= 0.6 is 0 Å². The van der Waals surface area contributed by atoms with E-state index < -0.39 is 0 Å². The summed E-state index contributed by atoms with van der Waals surface area (Å²) >= 11 is 0. The van der Waals surface area contributed by atoms with E-state index in [1.54, 1.807) is 7.11 Å². The zero-order chi connectivity index (χ0) is 17.6. The first-order valence-electron chi connectivity index (χ1n) is 8.84. The number of methoxy groups -OCH3 is 1. The van der Waals surface area contributed by atoms with Crippen LogP contribution < -0.4 is 25.6 Å². The first-order chi connectivity index (χ1) is 12.1. The van der Waals surface area contributed by atoms with Gasteiger partial charge < -0.3 is 25.6 Å². The molecule has 1 aliphatic carbocycles. The highest BCUT2D eigenvalue weighted by Gasteiger charge is 2.24. The van der Waals surface area contributed by atoms with Crippen LogP contribution in [0.3, 0.4) is 0 Å². The van der Waals surface area contributed by atoms with E-state index in [4.69, 9.17) is 4.74 Å². The summed E-state index contributed by atoms with van der Waals surface area (Å²) in [6.07, 6.45) is 3.12. The van der Waals surface area contributed by atoms with Gasteiger partial charge in [-0.1, -0.05) is 6.07 Å². The number of carbonyl (C=O) groups is 2. The molecule has 1 aliphatic heterocycles. The van der Waals surface area contributed by atoms with Crippen molar-refractivity contribution in [3.05, 3.63) is 24.3 Å². The number of nitrogens with zero attached hydrogens (tertiary/aromatic N) is 1. The minimum Gasteiger partial charge on any atom is -0.497 e. The van der Waals surface area contributed by atoms with Crippen molar-refractivity contribution in [3.8, 4) is 5.75 Å². The van der Waals surface area contributed by atoms with Gasteiger partial charge in [-0.05, 0) is 37.3 Å². The van der Waals surface area contributed by atoms with Gasteiger partial charge in [0.15, 0.2) is 0 Å². The lowest BCUT2D eigenvalue weighted by molar-refractivity contribution is -0.120. The molecule has 1 heterocycles. The summed E-state index contributed by atoms with van der Waals surface area (Å²) in [6.45, 7) is 2.50. The van der Waals surface area contributed by atoms with Crippen LogP contribution in [0.15, 0.2) is 24.3 Å². The molecule has 25 heavy (non-hydrogen) atoms. The SMILES string of the molecule is COc1cccc(N2CC[C@@H](CNC(=O)NCC(=O)NC3CC3)C2)c1. The lowest BCUT2D eigenvalue weighted by Gasteiger charge is -2.19. The Morgan fingerprint density at radius 1 is 1.24 bits per heavy atom. The zero-order valence-electron chi connectivity index (χ0n) is 14.6. The third-order valence-corrected chi connectivity index (χ3v) is 4.61. The van der Waals surface area contributed by atoms with Gasteiger partial charge in [0.1, 0.15) is 5.75 Å². The van der Waals surface area contributed by atoms with Crippen LogP contribution in [0.25, 0.3) is 0 Å². The largest absolute Gasteiger partial charge is 0.497 e. The Hall–Kier alpha value is -2.44. The Bertz CT molecular complexity index is 618. The van der Waals surface area contributed by atoms with E-state index in [0.29, 0.717) is 18.5 Å². The van der Waals surface area contributed by atoms with Gasteiger partial charge in [0.05, 0.1) is 13.7 Å². The molecule has 3 rings (SSSR count). The molecule has 0 aromatic heterocycles. The maximum Gasteiger partial charge on any atom is 0.315 e. The minimum absolute atomic E-state index is 0.0307. The second-order valence-electron chi connectivity index (χ2n) is 6.71. The smallest absolute Gasteiger partial charge is 0.315 e. The van der Waals surface area contributed by atoms with Crippen molar-refractivity contribution in [2.45, 2.75) is 25.3 Å². The molecule has 3 amide bonds. The van der Waals surface area contributed by atoms with Gasteiger partial charge in [0.25, 0.3) is 0 Å². The molecule has 0 bridgehead atoms. The lowest BCUT2D eigenvalue weighted by Crippen LogP contribution is -2.44. The Balaban J connectivity index is 1.36. The van der Waals surface area contributed by atoms with Crippen LogP contribution in [0.4, 0.5) is 10.5 Å². The van der Waals surface area contributed by atoms with E-state index in [2.05, 4.69) is 26.9 Å². The van der Waals surface area contributed by atoms with Gasteiger partial charge in [-0.25, -0.2) is 4.79 Å². The van der Waals surface area contributed by atoms with Crippen LogP contribution in [0.1, 0.15) is 19.3 Å². The van der Waals surface area contributed by atoms with Gasteiger partial charge in [-0.3, -0.25) is 4.79 Å². The van der Waals surface area contributed by atoms with Crippen molar-refractivity contribution in [3.63, 3.8) is 0 Å². The van der Waals surface area contributed by atoms with E-state index in [9.17, 15) is 9.59 Å². The lowest BCUT2D eigenvalue weighted by atomic mass is 10.1. The minimum atomic E-state index is -0.286. The molecular weight excluding hydrogens is 320 g/mol. The number of ether oxygens (including phenoxy) is 1. The number of carbonyl (C=O) groups excluding carboxylic acids is 2. The molecule has 1 saturated carbocycles. The van der Waals surface area contributed by atoms with Crippen LogP contribution in [-0.4, -0.2) is 51.3 Å². The predicted octanol–water partition coefficient (Wildman–Crippen LogP) is 1.10. The second-order valence-corrected chi connectivity index (χ2v) is 6.71. The molecule has 0 spiro atoms. The van der Waals surface area contributed by atoms with Crippen LogP contribution in [0.2, 0.25) is 0 Å². The molecule has 1 saturated heterocycles. The molecular formula is C18H26N4O3. The van der Waals surface area contributed by atoms with Crippen LogP contribution in [0.5, 0.6) is 5.75 Å². The van der Waals surface area contributed by atoms with Crippen molar-refractivity contribution in [2.75, 3.05) is 38.2 Å². The number of hydrogen-bond donors (Lipinski definition) is 3. The van der Waals surface area contributed by atoms with E-state index in [0.717, 1.165) is 43.8 Å². The van der Waals surface area contributed by atoms with Gasteiger partial charge >= 0.3 is 6.03 Å². The molecule has 3 N–H and O–H groups in total. The van der Waals surface area contributed by atoms with E-state index >= 15 is 0 Å². The Morgan fingerprint density at radius 2 is 2.08 bits per heavy atom. The average molecular weight is 346 g/mol. The molecule has 1 atom stereocenters. The van der Waals surface area contributed by atoms with Gasteiger partial charge in [0, 0.05) is 37.4 Å². The number of rotatable bonds is 7. The third kappa shape index (κ3) is 5.27. The van der Waals surface area contributed by atoms with Gasteiger partial charge in [0.2, 0.25) is 5.91 Å². The second kappa shape index (κ2) is 8.09. The number of benzene rings is 1. The molecule has 1 aromatic rings. The topological polar surface area (TPSA) is 82.7 Å². The number of anilines is 1. The van der Waals surface area contributed by atoms with Crippen molar-refractivity contribution >= 4 is 17.6 Å². The summed E-state index contributed by atoms with van der Waals surface area (Å²) in [6, 6.07) is 8.05. The van der Waals surface area contributed by atoms with Gasteiger partial charge in [-0.2, -0.15) is 0 Å². The highest BCUT2D eigenvalue weighted by atomic mass is 16.5. The third-order valence-electron chi connectivity index (χ3n) is 4.61. The summed E-state index contributed by atoms with van der Waals surface area (Å²) in [4.78, 5) is 25.6. The summed E-state index contributed by atoms with van der Waals surface area (Å²) in [5.74, 6) is 1.13. The summed E-state index contributed by atoms with van der Waals surface area (Å²) in [5, 5.41) is 8.31. The monoisotopic (exact) mass is 346 g/mol. The standard InChI is InChI=1S/C18H26N4O3/c1-25-16-4-2-3-15(9-16)22-8-7-13(12-22)10-19-18(24)20-11-17(23)21-14-5-6-14/h2-4,9,13-14H,5-8,10-12H2,1H3,(H,21,23)(H2,19,20,24)/t13-/m0/s1. The summed E-state index contributed by atoms with van der Waals surface area (Å²) < 4.78 is 5.27. The predicted molar refractivity (Wildman–Crippen MR) is 95.9 cm³/mol. The highest BCUT2D eigenvalue weighted by molar-refractivity contribution is 5.84. The molecule has 7 nitrogen and oxygen atoms in total. The number of urea groups is 1. The maximum absolute atomic E-state index is 11.8. The summed E-state index contributed by atoms with van der Waals surface area (Å²) in [5.41, 5.74) is 1.14. The zero-order valence-corrected chi connectivity index (χ0v) is 14.6. The Labute approximate surface area is 148 Å². The maximum atomic E-state index is 11.8. The molecule has 2 fully saturated rings. The Kier molecular flexibility index (Phi) is 5.63. The first-order valence-corrected chi connectivity index (χ1v) is 8.84. The van der Waals surface area contributed by atoms with Crippen molar-refractivity contribution in [2.24, 2.45) is 5.92 Å². The van der Waals surface area contributed by atoms with Crippen LogP contribution in [-0.2, 0) is 4.79 Å². The molecule has 136 valence electrons. The van der Waals surface area contributed by atoms with E-state index in [-0.39, 0.29) is 18.5 Å². The molecule has 7 heteroatoms. The van der Waals surface area contributed by atoms with E-state index in [1.165, 1.54) is 0 Å². The normalized spacial score (nSPS) is 19.4. The summed E-state index contributed by atoms with van der Waals surface area (Å²) in [7, 11) is 1.67. The quantitative estimate of drug-likeness (QED) is 0.690. The fourth-order valence-corrected chi connectivity index (χ4v) is 3.01. The van der Waals surface area contributed by atoms with Crippen molar-refractivity contribution in [1.29, 1.82) is 0 Å². The molecule has 0 radical (unpaired) electrons.